The standard InChI is InChI=1S/C28H32N2O4/c1-20-5-4-6-22(17-20)19-30-24-7-2-3-8-25(24)34-26(28(30)32)18-21-9-11-23(12-10-21)27(31)29-13-15-33-16-14-29/h4-6,9-12,17-18,24-25H,2-3,7-8,13-16,19H2,1H3/b26-18+. The lowest BCUT2D eigenvalue weighted by Crippen LogP contribution is -2.54. The van der Waals surface area contributed by atoms with E-state index in [1.807, 2.05) is 46.2 Å². The van der Waals surface area contributed by atoms with Crippen molar-refractivity contribution >= 4 is 17.9 Å². The summed E-state index contributed by atoms with van der Waals surface area (Å²) in [6.45, 7) is 5.06. The highest BCUT2D eigenvalue weighted by Gasteiger charge is 2.41. The predicted octanol–water partition coefficient (Wildman–Crippen LogP) is 4.18. The number of hydrogen-bond acceptors (Lipinski definition) is 4. The molecule has 34 heavy (non-hydrogen) atoms. The second-order valence-electron chi connectivity index (χ2n) is 9.47. The van der Waals surface area contributed by atoms with Crippen molar-refractivity contribution in [2.45, 2.75) is 51.3 Å². The number of nitrogens with zero attached hydrogens (tertiary/aromatic N) is 2. The third kappa shape index (κ3) is 4.87. The highest BCUT2D eigenvalue weighted by Crippen LogP contribution is 2.34. The number of amides is 2. The van der Waals surface area contributed by atoms with E-state index in [0.29, 0.717) is 44.2 Å². The van der Waals surface area contributed by atoms with E-state index in [2.05, 4.69) is 25.1 Å². The van der Waals surface area contributed by atoms with Gasteiger partial charge in [0, 0.05) is 25.2 Å². The van der Waals surface area contributed by atoms with Crippen LogP contribution in [0, 0.1) is 6.92 Å². The Morgan fingerprint density at radius 2 is 1.82 bits per heavy atom. The van der Waals surface area contributed by atoms with Gasteiger partial charge in [-0.2, -0.15) is 0 Å². The smallest absolute Gasteiger partial charge is 0.289 e. The summed E-state index contributed by atoms with van der Waals surface area (Å²) in [5.41, 5.74) is 3.84. The van der Waals surface area contributed by atoms with Crippen LogP contribution in [0.25, 0.3) is 6.08 Å². The molecule has 6 heteroatoms. The molecule has 2 aromatic rings. The van der Waals surface area contributed by atoms with Gasteiger partial charge in [0.1, 0.15) is 6.10 Å². The van der Waals surface area contributed by atoms with Crippen LogP contribution in [0.15, 0.2) is 54.3 Å². The van der Waals surface area contributed by atoms with Gasteiger partial charge in [0.25, 0.3) is 11.8 Å². The number of fused-ring (bicyclic) bond motifs is 1. The van der Waals surface area contributed by atoms with Crippen LogP contribution in [0.5, 0.6) is 0 Å². The minimum Gasteiger partial charge on any atom is -0.482 e. The average Bonchev–Trinajstić information content (AvgIpc) is 2.87. The molecule has 2 heterocycles. The fraction of sp³-hybridized carbons (Fsp3) is 0.429. The Hall–Kier alpha value is -3.12. The lowest BCUT2D eigenvalue weighted by atomic mass is 9.89. The second-order valence-corrected chi connectivity index (χ2v) is 9.47. The summed E-state index contributed by atoms with van der Waals surface area (Å²) in [6.07, 6.45) is 6.04. The zero-order valence-corrected chi connectivity index (χ0v) is 19.7. The molecule has 2 saturated heterocycles. The summed E-state index contributed by atoms with van der Waals surface area (Å²) in [4.78, 5) is 30.1. The summed E-state index contributed by atoms with van der Waals surface area (Å²) in [7, 11) is 0. The van der Waals surface area contributed by atoms with Gasteiger partial charge in [-0.05, 0) is 55.5 Å². The fourth-order valence-corrected chi connectivity index (χ4v) is 5.19. The third-order valence-electron chi connectivity index (χ3n) is 7.01. The largest absolute Gasteiger partial charge is 0.482 e. The maximum Gasteiger partial charge on any atom is 0.289 e. The molecule has 0 bridgehead atoms. The first-order valence-corrected chi connectivity index (χ1v) is 12.3. The molecule has 2 amide bonds. The van der Waals surface area contributed by atoms with Crippen molar-refractivity contribution in [3.05, 3.63) is 76.5 Å². The number of morpholine rings is 2. The Morgan fingerprint density at radius 1 is 1.06 bits per heavy atom. The molecule has 2 aliphatic heterocycles. The number of rotatable bonds is 4. The molecule has 2 unspecified atom stereocenters. The van der Waals surface area contributed by atoms with E-state index in [0.717, 1.165) is 36.8 Å². The summed E-state index contributed by atoms with van der Waals surface area (Å²) in [6, 6.07) is 15.9. The van der Waals surface area contributed by atoms with E-state index in [-0.39, 0.29) is 24.0 Å². The van der Waals surface area contributed by atoms with Crippen molar-refractivity contribution < 1.29 is 19.1 Å². The Balaban J connectivity index is 1.36. The molecule has 3 fully saturated rings. The third-order valence-corrected chi connectivity index (χ3v) is 7.01. The lowest BCUT2D eigenvalue weighted by Gasteiger charge is -2.44. The maximum atomic E-state index is 13.5. The molecule has 0 N–H and O–H groups in total. The van der Waals surface area contributed by atoms with Gasteiger partial charge in [0.15, 0.2) is 5.76 Å². The zero-order valence-electron chi connectivity index (χ0n) is 19.7. The second kappa shape index (κ2) is 10.0. The first-order valence-electron chi connectivity index (χ1n) is 12.3. The molecule has 6 nitrogen and oxygen atoms in total. The maximum absolute atomic E-state index is 13.5. The minimum absolute atomic E-state index is 0.0156. The molecule has 0 spiro atoms. The molecule has 178 valence electrons. The zero-order chi connectivity index (χ0) is 23.5. The van der Waals surface area contributed by atoms with Crippen LogP contribution in [0.1, 0.15) is 52.7 Å². The molecule has 1 saturated carbocycles. The molecule has 3 aliphatic rings. The molecule has 2 atom stereocenters. The van der Waals surface area contributed by atoms with Gasteiger partial charge in [-0.15, -0.1) is 0 Å². The van der Waals surface area contributed by atoms with Crippen LogP contribution in [-0.2, 0) is 20.8 Å². The predicted molar refractivity (Wildman–Crippen MR) is 130 cm³/mol. The van der Waals surface area contributed by atoms with Crippen LogP contribution >= 0.6 is 0 Å². The topological polar surface area (TPSA) is 59.1 Å². The van der Waals surface area contributed by atoms with E-state index >= 15 is 0 Å². The van der Waals surface area contributed by atoms with Gasteiger partial charge in [-0.25, -0.2) is 0 Å². The first kappa shape index (κ1) is 22.7. The van der Waals surface area contributed by atoms with Crippen LogP contribution in [0.4, 0.5) is 0 Å². The van der Waals surface area contributed by atoms with Crippen molar-refractivity contribution in [1.29, 1.82) is 0 Å². The Kier molecular flexibility index (Phi) is 6.68. The van der Waals surface area contributed by atoms with Gasteiger partial charge in [0.2, 0.25) is 0 Å². The Bertz CT molecular complexity index is 1070. The lowest BCUT2D eigenvalue weighted by molar-refractivity contribution is -0.149. The number of aryl methyl sites for hydroxylation is 1. The molecule has 0 aromatic heterocycles. The number of ether oxygens (including phenoxy) is 2. The molecule has 2 aromatic carbocycles. The molecular formula is C28H32N2O4. The van der Waals surface area contributed by atoms with Crippen LogP contribution in [0.3, 0.4) is 0 Å². The number of carbonyl (C=O) groups is 2. The van der Waals surface area contributed by atoms with Crippen LogP contribution in [0.2, 0.25) is 0 Å². The monoisotopic (exact) mass is 460 g/mol. The van der Waals surface area contributed by atoms with Crippen LogP contribution < -0.4 is 0 Å². The van der Waals surface area contributed by atoms with Crippen molar-refractivity contribution in [2.24, 2.45) is 0 Å². The highest BCUT2D eigenvalue weighted by atomic mass is 16.5. The number of carbonyl (C=O) groups excluding carboxylic acids is 2. The van der Waals surface area contributed by atoms with Gasteiger partial charge < -0.3 is 19.3 Å². The summed E-state index contributed by atoms with van der Waals surface area (Å²) >= 11 is 0. The van der Waals surface area contributed by atoms with Gasteiger partial charge in [-0.3, -0.25) is 9.59 Å². The van der Waals surface area contributed by atoms with E-state index in [1.165, 1.54) is 5.56 Å². The van der Waals surface area contributed by atoms with Crippen LogP contribution in [-0.4, -0.2) is 60.1 Å². The van der Waals surface area contributed by atoms with Gasteiger partial charge in [0.05, 0.1) is 19.3 Å². The fourth-order valence-electron chi connectivity index (χ4n) is 5.19. The molecule has 0 radical (unpaired) electrons. The normalized spacial score (nSPS) is 24.0. The summed E-state index contributed by atoms with van der Waals surface area (Å²) < 4.78 is 11.6. The first-order chi connectivity index (χ1) is 16.6. The summed E-state index contributed by atoms with van der Waals surface area (Å²) in [5.74, 6) is 0.350. The average molecular weight is 461 g/mol. The van der Waals surface area contributed by atoms with Gasteiger partial charge >= 0.3 is 0 Å². The number of hydrogen-bond donors (Lipinski definition) is 0. The van der Waals surface area contributed by atoms with E-state index in [9.17, 15) is 9.59 Å². The van der Waals surface area contributed by atoms with Crippen molar-refractivity contribution in [1.82, 2.24) is 9.80 Å². The SMILES string of the molecule is Cc1cccc(CN2C(=O)/C(=C\c3ccc(C(=O)N4CCOCC4)cc3)OC3CCCCC32)c1. The van der Waals surface area contributed by atoms with E-state index in [4.69, 9.17) is 9.47 Å². The Labute approximate surface area is 201 Å². The van der Waals surface area contributed by atoms with Gasteiger partial charge in [-0.1, -0.05) is 48.4 Å². The highest BCUT2D eigenvalue weighted by molar-refractivity contribution is 5.97. The minimum atomic E-state index is -0.0573. The number of benzene rings is 2. The molecule has 1 aliphatic carbocycles. The molecular weight excluding hydrogens is 428 g/mol. The van der Waals surface area contributed by atoms with Crippen molar-refractivity contribution in [3.8, 4) is 0 Å². The quantitative estimate of drug-likeness (QED) is 0.643. The Morgan fingerprint density at radius 3 is 2.59 bits per heavy atom. The van der Waals surface area contributed by atoms with E-state index in [1.54, 1.807) is 0 Å². The van der Waals surface area contributed by atoms with Crippen molar-refractivity contribution in [3.63, 3.8) is 0 Å². The molecule has 5 rings (SSSR count). The summed E-state index contributed by atoms with van der Waals surface area (Å²) in [5, 5.41) is 0. The van der Waals surface area contributed by atoms with Crippen molar-refractivity contribution in [2.75, 3.05) is 26.3 Å². The van der Waals surface area contributed by atoms with E-state index < -0.39 is 0 Å².